The highest BCUT2D eigenvalue weighted by Gasteiger charge is 2.17. The van der Waals surface area contributed by atoms with Gasteiger partial charge in [0.1, 0.15) is 10.7 Å². The van der Waals surface area contributed by atoms with Crippen LogP contribution in [0.25, 0.3) is 22.3 Å². The highest BCUT2D eigenvalue weighted by Crippen LogP contribution is 2.37. The average Bonchev–Trinajstić information content (AvgIpc) is 2.95. The Hall–Kier alpha value is -2.09. The van der Waals surface area contributed by atoms with Gasteiger partial charge < -0.3 is 0 Å². The zero-order valence-electron chi connectivity index (χ0n) is 12.2. The molecule has 0 fully saturated rings. The predicted molar refractivity (Wildman–Crippen MR) is 89.1 cm³/mol. The Bertz CT molecular complexity index is 981. The third-order valence-electron chi connectivity index (χ3n) is 3.51. The number of benzene rings is 1. The Balaban J connectivity index is 2.14. The first kappa shape index (κ1) is 15.8. The summed E-state index contributed by atoms with van der Waals surface area (Å²) in [5, 5.41) is 8.85. The molecule has 0 atom stereocenters. The number of hydrogen-bond acceptors (Lipinski definition) is 4. The summed E-state index contributed by atoms with van der Waals surface area (Å²) >= 11 is 1.49. The van der Waals surface area contributed by atoms with Crippen LogP contribution in [-0.4, -0.2) is 13.4 Å². The Morgan fingerprint density at radius 3 is 2.52 bits per heavy atom. The van der Waals surface area contributed by atoms with Crippen molar-refractivity contribution in [1.82, 2.24) is 4.98 Å². The molecule has 0 amide bonds. The van der Waals surface area contributed by atoms with Crippen molar-refractivity contribution in [2.45, 2.75) is 11.8 Å². The van der Waals surface area contributed by atoms with Crippen molar-refractivity contribution in [2.75, 3.05) is 0 Å². The topological polar surface area (TPSA) is 73.0 Å². The second-order valence-corrected chi connectivity index (χ2v) is 7.30. The highest BCUT2D eigenvalue weighted by molar-refractivity contribution is 7.89. The second-order valence-electron chi connectivity index (χ2n) is 5.03. The van der Waals surface area contributed by atoms with Gasteiger partial charge in [-0.05, 0) is 41.4 Å². The van der Waals surface area contributed by atoms with Crippen molar-refractivity contribution >= 4 is 21.4 Å². The minimum Gasteiger partial charge on any atom is -0.261 e. The largest absolute Gasteiger partial charge is 0.261 e. The van der Waals surface area contributed by atoms with Crippen LogP contribution in [0.2, 0.25) is 0 Å². The number of primary sulfonamides is 1. The maximum Gasteiger partial charge on any atom is 0.240 e. The summed E-state index contributed by atoms with van der Waals surface area (Å²) in [5.74, 6) is -0.856. The molecule has 0 radical (unpaired) electrons. The monoisotopic (exact) mass is 348 g/mol. The smallest absolute Gasteiger partial charge is 0.240 e. The van der Waals surface area contributed by atoms with Gasteiger partial charge in [-0.3, -0.25) is 4.98 Å². The summed E-state index contributed by atoms with van der Waals surface area (Å²) in [6.07, 6.45) is 1.71. The highest BCUT2D eigenvalue weighted by atomic mass is 32.2. The lowest BCUT2D eigenvalue weighted by molar-refractivity contribution is 0.568. The number of aromatic nitrogens is 1. The maximum absolute atomic E-state index is 14.1. The fourth-order valence-electron chi connectivity index (χ4n) is 2.40. The van der Waals surface area contributed by atoms with Gasteiger partial charge in [-0.25, -0.2) is 17.9 Å². The average molecular weight is 348 g/mol. The van der Waals surface area contributed by atoms with Gasteiger partial charge in [-0.2, -0.15) is 11.3 Å². The van der Waals surface area contributed by atoms with E-state index in [1.807, 2.05) is 29.8 Å². The van der Waals surface area contributed by atoms with E-state index in [1.54, 1.807) is 12.3 Å². The van der Waals surface area contributed by atoms with Gasteiger partial charge >= 0.3 is 0 Å². The molecule has 7 heteroatoms. The first-order chi connectivity index (χ1) is 10.9. The second kappa shape index (κ2) is 5.84. The van der Waals surface area contributed by atoms with Gasteiger partial charge in [0.05, 0.1) is 0 Å². The van der Waals surface area contributed by atoms with Gasteiger partial charge in [0.15, 0.2) is 0 Å². The number of sulfonamides is 1. The fourth-order valence-corrected chi connectivity index (χ4v) is 3.84. The van der Waals surface area contributed by atoms with E-state index in [9.17, 15) is 12.8 Å². The summed E-state index contributed by atoms with van der Waals surface area (Å²) in [7, 11) is -4.07. The van der Waals surface area contributed by atoms with Crippen molar-refractivity contribution in [3.05, 3.63) is 58.8 Å². The Kier molecular flexibility index (Phi) is 4.01. The van der Waals surface area contributed by atoms with Gasteiger partial charge in [-0.1, -0.05) is 12.1 Å². The van der Waals surface area contributed by atoms with E-state index in [2.05, 4.69) is 4.98 Å². The number of nitrogens with two attached hydrogens (primary N) is 1. The SMILES string of the molecule is Cc1ncccc1-c1cscc1-c1ccc(S(N)(=O)=O)c(F)c1. The lowest BCUT2D eigenvalue weighted by Crippen LogP contribution is -2.13. The summed E-state index contributed by atoms with van der Waals surface area (Å²) in [4.78, 5) is 3.76. The summed E-state index contributed by atoms with van der Waals surface area (Å²) in [6.45, 7) is 1.90. The third kappa shape index (κ3) is 3.03. The zero-order valence-corrected chi connectivity index (χ0v) is 13.8. The van der Waals surface area contributed by atoms with Crippen LogP contribution in [0, 0.1) is 12.7 Å². The zero-order chi connectivity index (χ0) is 16.6. The van der Waals surface area contributed by atoms with Crippen molar-refractivity contribution < 1.29 is 12.8 Å². The quantitative estimate of drug-likeness (QED) is 0.786. The summed E-state index contributed by atoms with van der Waals surface area (Å²) in [6, 6.07) is 7.73. The summed E-state index contributed by atoms with van der Waals surface area (Å²) < 4.78 is 36.7. The molecule has 0 unspecified atom stereocenters. The molecule has 23 heavy (non-hydrogen) atoms. The summed E-state index contributed by atoms with van der Waals surface area (Å²) in [5.41, 5.74) is 4.18. The molecular weight excluding hydrogens is 335 g/mol. The fraction of sp³-hybridized carbons (Fsp3) is 0.0625. The van der Waals surface area contributed by atoms with Crippen LogP contribution in [0.15, 0.2) is 52.2 Å². The van der Waals surface area contributed by atoms with Crippen molar-refractivity contribution in [2.24, 2.45) is 5.14 Å². The number of halogens is 1. The van der Waals surface area contributed by atoms with Crippen LogP contribution in [0.1, 0.15) is 5.69 Å². The van der Waals surface area contributed by atoms with Crippen LogP contribution >= 0.6 is 11.3 Å². The lowest BCUT2D eigenvalue weighted by Gasteiger charge is -2.08. The van der Waals surface area contributed by atoms with Crippen molar-refractivity contribution in [1.29, 1.82) is 0 Å². The molecule has 2 heterocycles. The Labute approximate surface area is 137 Å². The molecule has 3 rings (SSSR count). The van der Waals surface area contributed by atoms with Gasteiger partial charge in [0.2, 0.25) is 10.0 Å². The first-order valence-electron chi connectivity index (χ1n) is 6.69. The normalized spacial score (nSPS) is 11.6. The Morgan fingerprint density at radius 2 is 1.87 bits per heavy atom. The number of rotatable bonds is 3. The minimum atomic E-state index is -4.07. The van der Waals surface area contributed by atoms with E-state index in [0.717, 1.165) is 22.4 Å². The van der Waals surface area contributed by atoms with E-state index < -0.39 is 20.7 Å². The molecule has 0 spiro atoms. The van der Waals surface area contributed by atoms with Gasteiger partial charge in [0.25, 0.3) is 0 Å². The third-order valence-corrected chi connectivity index (χ3v) is 5.20. The van der Waals surface area contributed by atoms with Crippen LogP contribution in [0.3, 0.4) is 0 Å². The maximum atomic E-state index is 14.1. The molecule has 4 nitrogen and oxygen atoms in total. The van der Waals surface area contributed by atoms with E-state index in [-0.39, 0.29) is 0 Å². The van der Waals surface area contributed by atoms with Crippen molar-refractivity contribution in [3.8, 4) is 22.3 Å². The number of hydrogen-bond donors (Lipinski definition) is 1. The Morgan fingerprint density at radius 1 is 1.13 bits per heavy atom. The molecule has 0 aliphatic carbocycles. The molecular formula is C16H13FN2O2S2. The molecule has 0 aliphatic rings. The molecule has 2 aromatic heterocycles. The lowest BCUT2D eigenvalue weighted by atomic mass is 9.98. The predicted octanol–water partition coefficient (Wildman–Crippen LogP) is 3.57. The van der Waals surface area contributed by atoms with E-state index in [1.165, 1.54) is 23.5 Å². The number of thiophene rings is 1. The van der Waals surface area contributed by atoms with Crippen LogP contribution < -0.4 is 5.14 Å². The number of pyridine rings is 1. The van der Waals surface area contributed by atoms with Crippen molar-refractivity contribution in [3.63, 3.8) is 0 Å². The van der Waals surface area contributed by atoms with E-state index in [0.29, 0.717) is 5.56 Å². The number of nitrogens with zero attached hydrogens (tertiary/aromatic N) is 1. The van der Waals surface area contributed by atoms with Crippen LogP contribution in [0.4, 0.5) is 4.39 Å². The molecule has 0 saturated carbocycles. The number of aryl methyl sites for hydroxylation is 1. The molecule has 0 bridgehead atoms. The standard InChI is InChI=1S/C16H13FN2O2S2/c1-10-12(3-2-6-19-10)14-9-22-8-13(14)11-4-5-16(15(17)7-11)23(18,20)21/h2-9H,1H3,(H2,18,20,21). The van der Waals surface area contributed by atoms with Gasteiger partial charge in [0, 0.05) is 28.6 Å². The molecule has 2 N–H and O–H groups in total. The molecule has 118 valence electrons. The van der Waals surface area contributed by atoms with E-state index >= 15 is 0 Å². The molecule has 0 saturated heterocycles. The van der Waals surface area contributed by atoms with Crippen LogP contribution in [0.5, 0.6) is 0 Å². The van der Waals surface area contributed by atoms with E-state index in [4.69, 9.17) is 5.14 Å². The molecule has 0 aliphatic heterocycles. The first-order valence-corrected chi connectivity index (χ1v) is 9.18. The minimum absolute atomic E-state index is 0.504. The van der Waals surface area contributed by atoms with Crippen LogP contribution in [-0.2, 0) is 10.0 Å². The van der Waals surface area contributed by atoms with Gasteiger partial charge in [-0.15, -0.1) is 0 Å². The molecule has 3 aromatic rings. The molecule has 1 aromatic carbocycles.